The predicted octanol–water partition coefficient (Wildman–Crippen LogP) is 2.66. The molecule has 2 aromatic carbocycles. The Bertz CT molecular complexity index is 610. The van der Waals surface area contributed by atoms with Crippen molar-refractivity contribution in [3.05, 3.63) is 54.1 Å². The minimum Gasteiger partial charge on any atom is -0.326 e. The van der Waals surface area contributed by atoms with Crippen LogP contribution in [0.3, 0.4) is 0 Å². The van der Waals surface area contributed by atoms with Crippen LogP contribution in [-0.2, 0) is 6.54 Å². The van der Waals surface area contributed by atoms with Crippen LogP contribution >= 0.6 is 12.6 Å². The van der Waals surface area contributed by atoms with Crippen LogP contribution in [0.4, 0.5) is 0 Å². The topological polar surface area (TPSA) is 64.9 Å². The third-order valence-electron chi connectivity index (χ3n) is 2.32. The van der Waals surface area contributed by atoms with Gasteiger partial charge in [-0.25, -0.2) is 4.63 Å². The molecule has 1 heterocycles. The number of aromatic nitrogens is 2. The molecule has 1 aromatic heterocycles. The fourth-order valence-electron chi connectivity index (χ4n) is 1.38. The van der Waals surface area contributed by atoms with E-state index in [0.717, 1.165) is 15.9 Å². The van der Waals surface area contributed by atoms with E-state index >= 15 is 0 Å². The molecule has 3 rings (SSSR count). The number of nitrogens with two attached hydrogens (primary N) is 1. The van der Waals surface area contributed by atoms with Gasteiger partial charge in [0.1, 0.15) is 11.0 Å². The van der Waals surface area contributed by atoms with Crippen LogP contribution in [0.1, 0.15) is 5.56 Å². The molecular weight excluding hydrogens is 246 g/mol. The zero-order chi connectivity index (χ0) is 12.8. The van der Waals surface area contributed by atoms with Gasteiger partial charge in [-0.3, -0.25) is 0 Å². The number of thiol groups is 1. The first-order valence-electron chi connectivity index (χ1n) is 5.45. The molecule has 0 spiro atoms. The van der Waals surface area contributed by atoms with Crippen molar-refractivity contribution in [2.75, 3.05) is 0 Å². The van der Waals surface area contributed by atoms with E-state index in [-0.39, 0.29) is 0 Å². The molecule has 0 bridgehead atoms. The molecule has 0 aliphatic heterocycles. The molecule has 0 fully saturated rings. The lowest BCUT2D eigenvalue weighted by Crippen LogP contribution is -1.94. The average molecular weight is 259 g/mol. The second kappa shape index (κ2) is 6.18. The minimum atomic E-state index is 0.640. The van der Waals surface area contributed by atoms with Crippen LogP contribution in [0.15, 0.2) is 58.1 Å². The molecule has 0 amide bonds. The monoisotopic (exact) mass is 259 g/mol. The first kappa shape index (κ1) is 12.6. The van der Waals surface area contributed by atoms with Gasteiger partial charge in [-0.15, -0.1) is 12.6 Å². The standard InChI is InChI=1S/C7H9N.C6H4N2OS/c8-6-7-4-2-1-3-5-7;10-4-1-2-5-6(3-4)8-9-7-5/h1-5H,6,8H2;1-3,10H. The highest BCUT2D eigenvalue weighted by atomic mass is 32.1. The lowest BCUT2D eigenvalue weighted by Gasteiger charge is -1.90. The maximum absolute atomic E-state index is 5.35. The lowest BCUT2D eigenvalue weighted by atomic mass is 10.2. The number of hydrogen-bond acceptors (Lipinski definition) is 5. The molecule has 18 heavy (non-hydrogen) atoms. The van der Waals surface area contributed by atoms with E-state index in [0.29, 0.717) is 6.54 Å². The van der Waals surface area contributed by atoms with Gasteiger partial charge >= 0.3 is 0 Å². The van der Waals surface area contributed by atoms with Crippen molar-refractivity contribution >= 4 is 23.7 Å². The third kappa shape index (κ3) is 3.32. The summed E-state index contributed by atoms with van der Waals surface area (Å²) in [5.41, 5.74) is 8.04. The average Bonchev–Trinajstić information content (AvgIpc) is 2.87. The molecule has 3 aromatic rings. The highest BCUT2D eigenvalue weighted by molar-refractivity contribution is 7.80. The van der Waals surface area contributed by atoms with Gasteiger partial charge < -0.3 is 5.73 Å². The zero-order valence-electron chi connectivity index (χ0n) is 9.65. The van der Waals surface area contributed by atoms with E-state index in [1.807, 2.05) is 42.5 Å². The van der Waals surface area contributed by atoms with Crippen molar-refractivity contribution < 1.29 is 4.63 Å². The van der Waals surface area contributed by atoms with Crippen molar-refractivity contribution in [1.82, 2.24) is 10.3 Å². The van der Waals surface area contributed by atoms with Crippen molar-refractivity contribution in [2.45, 2.75) is 11.4 Å². The molecule has 2 N–H and O–H groups in total. The van der Waals surface area contributed by atoms with E-state index in [4.69, 9.17) is 5.73 Å². The summed E-state index contributed by atoms with van der Waals surface area (Å²) in [5, 5.41) is 7.28. The molecule has 4 nitrogen and oxygen atoms in total. The summed E-state index contributed by atoms with van der Waals surface area (Å²) in [6, 6.07) is 15.4. The normalized spacial score (nSPS) is 9.89. The fourth-order valence-corrected chi connectivity index (χ4v) is 1.58. The van der Waals surface area contributed by atoms with Crippen LogP contribution in [0.5, 0.6) is 0 Å². The van der Waals surface area contributed by atoms with Gasteiger partial charge in [0.15, 0.2) is 0 Å². The second-order valence-electron chi connectivity index (χ2n) is 3.63. The number of hydrogen-bond donors (Lipinski definition) is 2. The first-order chi connectivity index (χ1) is 8.79. The summed E-state index contributed by atoms with van der Waals surface area (Å²) in [4.78, 5) is 0.864. The van der Waals surface area contributed by atoms with E-state index in [1.165, 1.54) is 5.56 Å². The van der Waals surface area contributed by atoms with Crippen LogP contribution in [0.2, 0.25) is 0 Å². The van der Waals surface area contributed by atoms with Gasteiger partial charge in [0, 0.05) is 11.4 Å². The molecule has 0 aliphatic rings. The van der Waals surface area contributed by atoms with Gasteiger partial charge in [-0.1, -0.05) is 30.3 Å². The Hall–Kier alpha value is -1.85. The van der Waals surface area contributed by atoms with Gasteiger partial charge in [-0.2, -0.15) is 0 Å². The Morgan fingerprint density at radius 1 is 1.00 bits per heavy atom. The second-order valence-corrected chi connectivity index (χ2v) is 4.14. The van der Waals surface area contributed by atoms with Crippen molar-refractivity contribution in [2.24, 2.45) is 5.73 Å². The first-order valence-corrected chi connectivity index (χ1v) is 5.89. The SMILES string of the molecule is NCc1ccccc1.Sc1ccc2nonc2c1. The molecular formula is C13H13N3OS. The summed E-state index contributed by atoms with van der Waals surface area (Å²) in [5.74, 6) is 0. The van der Waals surface area contributed by atoms with Crippen LogP contribution in [-0.4, -0.2) is 10.3 Å². The molecule has 0 unspecified atom stereocenters. The largest absolute Gasteiger partial charge is 0.326 e. The summed E-state index contributed by atoms with van der Waals surface area (Å²) < 4.78 is 4.49. The molecule has 0 atom stereocenters. The van der Waals surface area contributed by atoms with E-state index in [1.54, 1.807) is 6.07 Å². The molecule has 5 heteroatoms. The number of rotatable bonds is 1. The summed E-state index contributed by atoms with van der Waals surface area (Å²) >= 11 is 4.13. The minimum absolute atomic E-state index is 0.640. The van der Waals surface area contributed by atoms with Crippen molar-refractivity contribution in [3.63, 3.8) is 0 Å². The molecule has 0 saturated carbocycles. The molecule has 92 valence electrons. The van der Waals surface area contributed by atoms with Crippen molar-refractivity contribution in [1.29, 1.82) is 0 Å². The smallest absolute Gasteiger partial charge is 0.136 e. The molecule has 0 saturated heterocycles. The highest BCUT2D eigenvalue weighted by Crippen LogP contribution is 2.13. The lowest BCUT2D eigenvalue weighted by molar-refractivity contribution is 0.315. The van der Waals surface area contributed by atoms with Gasteiger partial charge in [0.2, 0.25) is 0 Å². The third-order valence-corrected chi connectivity index (χ3v) is 2.59. The van der Waals surface area contributed by atoms with Crippen LogP contribution < -0.4 is 5.73 Å². The summed E-state index contributed by atoms with van der Waals surface area (Å²) in [6.07, 6.45) is 0. The van der Waals surface area contributed by atoms with Crippen LogP contribution in [0.25, 0.3) is 11.0 Å². The van der Waals surface area contributed by atoms with E-state index < -0.39 is 0 Å². The van der Waals surface area contributed by atoms with Crippen LogP contribution in [0, 0.1) is 0 Å². The van der Waals surface area contributed by atoms with Crippen molar-refractivity contribution in [3.8, 4) is 0 Å². The van der Waals surface area contributed by atoms with E-state index in [2.05, 4.69) is 27.6 Å². The molecule has 0 radical (unpaired) electrons. The highest BCUT2D eigenvalue weighted by Gasteiger charge is 1.97. The number of nitrogens with zero attached hydrogens (tertiary/aromatic N) is 2. The predicted molar refractivity (Wildman–Crippen MR) is 73.4 cm³/mol. The Morgan fingerprint density at radius 3 is 2.39 bits per heavy atom. The Balaban J connectivity index is 0.000000138. The molecule has 0 aliphatic carbocycles. The van der Waals surface area contributed by atoms with E-state index in [9.17, 15) is 0 Å². The number of fused-ring (bicyclic) bond motifs is 1. The fraction of sp³-hybridized carbons (Fsp3) is 0.0769. The number of benzene rings is 2. The van der Waals surface area contributed by atoms with Gasteiger partial charge in [-0.05, 0) is 34.1 Å². The maximum Gasteiger partial charge on any atom is 0.136 e. The van der Waals surface area contributed by atoms with Gasteiger partial charge in [0.25, 0.3) is 0 Å². The Morgan fingerprint density at radius 2 is 1.72 bits per heavy atom. The zero-order valence-corrected chi connectivity index (χ0v) is 10.5. The maximum atomic E-state index is 5.35. The van der Waals surface area contributed by atoms with Gasteiger partial charge in [0.05, 0.1) is 0 Å². The quantitative estimate of drug-likeness (QED) is 0.659. The summed E-state index contributed by atoms with van der Waals surface area (Å²) in [7, 11) is 0. The summed E-state index contributed by atoms with van der Waals surface area (Å²) in [6.45, 7) is 0.640. The Kier molecular flexibility index (Phi) is 4.33. The Labute approximate surface area is 110 Å².